The summed E-state index contributed by atoms with van der Waals surface area (Å²) in [6, 6.07) is 0. The van der Waals surface area contributed by atoms with Crippen molar-refractivity contribution in [3.8, 4) is 0 Å². The van der Waals surface area contributed by atoms with E-state index in [4.69, 9.17) is 20.4 Å². The van der Waals surface area contributed by atoms with Gasteiger partial charge in [0, 0.05) is 0 Å². The Balaban J connectivity index is 4.19. The van der Waals surface area contributed by atoms with Crippen LogP contribution in [-0.2, 0) is 4.79 Å². The highest BCUT2D eigenvalue weighted by molar-refractivity contribution is 5.83. The summed E-state index contributed by atoms with van der Waals surface area (Å²) in [5.74, 6) is -2.51. The highest BCUT2D eigenvalue weighted by Gasteiger charge is 2.11. The van der Waals surface area contributed by atoms with Crippen molar-refractivity contribution in [3.05, 3.63) is 11.8 Å². The fourth-order valence-electron chi connectivity index (χ4n) is 0.372. The summed E-state index contributed by atoms with van der Waals surface area (Å²) in [6.07, 6.45) is -1.80. The molecular formula is C6H10O5. The number of aliphatic carboxylic acids is 1. The minimum absolute atomic E-state index is 0.660. The number of carboxylic acids is 1. The van der Waals surface area contributed by atoms with Crippen molar-refractivity contribution < 1.29 is 25.2 Å². The lowest BCUT2D eigenvalue weighted by Crippen LogP contribution is -2.21. The molecule has 0 aliphatic rings. The molecule has 0 amide bonds. The number of carbonyl (C=O) groups is 1. The minimum Gasteiger partial charge on any atom is -0.502 e. The van der Waals surface area contributed by atoms with E-state index in [9.17, 15) is 4.79 Å². The molecule has 2 unspecified atom stereocenters. The number of aliphatic hydroxyl groups is 3. The third-order valence-corrected chi connectivity index (χ3v) is 1.04. The predicted molar refractivity (Wildman–Crippen MR) is 36.0 cm³/mol. The van der Waals surface area contributed by atoms with Gasteiger partial charge in [0.2, 0.25) is 0 Å². The summed E-state index contributed by atoms with van der Waals surface area (Å²) in [6.45, 7) is 1.27. The van der Waals surface area contributed by atoms with E-state index in [2.05, 4.69) is 0 Å². The van der Waals surface area contributed by atoms with Gasteiger partial charge in [0.15, 0.2) is 5.76 Å². The molecule has 0 aromatic carbocycles. The first-order valence-corrected chi connectivity index (χ1v) is 2.95. The molecule has 0 aliphatic heterocycles. The molecule has 4 N–H and O–H groups in total. The number of carboxylic acid groups (broad SMARTS) is 1. The van der Waals surface area contributed by atoms with Crippen LogP contribution in [0.2, 0.25) is 0 Å². The largest absolute Gasteiger partial charge is 0.502 e. The maximum Gasteiger partial charge on any atom is 0.370 e. The Morgan fingerprint density at radius 1 is 1.36 bits per heavy atom. The van der Waals surface area contributed by atoms with Crippen molar-refractivity contribution in [2.75, 3.05) is 0 Å². The van der Waals surface area contributed by atoms with Crippen LogP contribution in [0.1, 0.15) is 6.92 Å². The second kappa shape index (κ2) is 3.95. The van der Waals surface area contributed by atoms with Gasteiger partial charge in [0.1, 0.15) is 6.10 Å². The molecule has 0 bridgehead atoms. The van der Waals surface area contributed by atoms with E-state index >= 15 is 0 Å². The lowest BCUT2D eigenvalue weighted by molar-refractivity contribution is -0.135. The molecule has 0 aromatic rings. The molecule has 0 rings (SSSR count). The highest BCUT2D eigenvalue weighted by atomic mass is 16.4. The molecule has 0 radical (unpaired) electrons. The van der Waals surface area contributed by atoms with E-state index in [1.165, 1.54) is 6.92 Å². The van der Waals surface area contributed by atoms with E-state index in [1.807, 2.05) is 0 Å². The topological polar surface area (TPSA) is 98.0 Å². The van der Waals surface area contributed by atoms with Crippen molar-refractivity contribution in [2.45, 2.75) is 19.1 Å². The fourth-order valence-corrected chi connectivity index (χ4v) is 0.372. The summed E-state index contributed by atoms with van der Waals surface area (Å²) < 4.78 is 0. The lowest BCUT2D eigenvalue weighted by atomic mass is 10.2. The normalized spacial score (nSPS) is 17.5. The van der Waals surface area contributed by atoms with Gasteiger partial charge in [0.25, 0.3) is 0 Å². The van der Waals surface area contributed by atoms with Gasteiger partial charge in [0.05, 0.1) is 6.10 Å². The maximum absolute atomic E-state index is 9.95. The van der Waals surface area contributed by atoms with Crippen LogP contribution >= 0.6 is 0 Å². The van der Waals surface area contributed by atoms with Crippen LogP contribution in [0.4, 0.5) is 0 Å². The van der Waals surface area contributed by atoms with Crippen molar-refractivity contribution in [2.24, 2.45) is 0 Å². The number of hydrogen-bond acceptors (Lipinski definition) is 4. The Morgan fingerprint density at radius 3 is 2.09 bits per heavy atom. The van der Waals surface area contributed by atoms with Crippen LogP contribution in [-0.4, -0.2) is 38.6 Å². The molecule has 0 heterocycles. The molecule has 5 heteroatoms. The first-order chi connectivity index (χ1) is 4.95. The van der Waals surface area contributed by atoms with Crippen LogP contribution < -0.4 is 0 Å². The third-order valence-electron chi connectivity index (χ3n) is 1.04. The van der Waals surface area contributed by atoms with Gasteiger partial charge < -0.3 is 20.4 Å². The summed E-state index contributed by atoms with van der Waals surface area (Å²) in [5, 5.41) is 34.1. The molecule has 0 spiro atoms. The summed E-state index contributed by atoms with van der Waals surface area (Å²) in [7, 11) is 0. The predicted octanol–water partition coefficient (Wildman–Crippen LogP) is -0.745. The van der Waals surface area contributed by atoms with Gasteiger partial charge in [-0.15, -0.1) is 0 Å². The SMILES string of the molecule is CC(O)C(O)/C=C(/O)C(=O)O. The molecule has 0 fully saturated rings. The molecule has 0 aromatic heterocycles. The van der Waals surface area contributed by atoms with Crippen LogP contribution in [0.15, 0.2) is 11.8 Å². The maximum atomic E-state index is 9.95. The van der Waals surface area contributed by atoms with Gasteiger partial charge >= 0.3 is 5.97 Å². The quantitative estimate of drug-likeness (QED) is 0.323. The first kappa shape index (κ1) is 9.93. The van der Waals surface area contributed by atoms with Gasteiger partial charge in [-0.1, -0.05) is 0 Å². The molecule has 0 saturated carbocycles. The monoisotopic (exact) mass is 162 g/mol. The van der Waals surface area contributed by atoms with Gasteiger partial charge in [-0.3, -0.25) is 0 Å². The Bertz CT molecular complexity index is 172. The average molecular weight is 162 g/mol. The van der Waals surface area contributed by atoms with E-state index in [1.54, 1.807) is 0 Å². The van der Waals surface area contributed by atoms with Crippen molar-refractivity contribution in [3.63, 3.8) is 0 Å². The second-order valence-electron chi connectivity index (χ2n) is 2.09. The zero-order chi connectivity index (χ0) is 9.02. The minimum atomic E-state index is -1.54. The molecule has 5 nitrogen and oxygen atoms in total. The Hall–Kier alpha value is -1.07. The van der Waals surface area contributed by atoms with Gasteiger partial charge in [-0.05, 0) is 13.0 Å². The second-order valence-corrected chi connectivity index (χ2v) is 2.09. The third kappa shape index (κ3) is 3.59. The molecule has 0 aliphatic carbocycles. The van der Waals surface area contributed by atoms with Crippen LogP contribution in [0.25, 0.3) is 0 Å². The van der Waals surface area contributed by atoms with Crippen LogP contribution in [0.3, 0.4) is 0 Å². The van der Waals surface area contributed by atoms with E-state index in [0.717, 1.165) is 0 Å². The van der Waals surface area contributed by atoms with Crippen molar-refractivity contribution in [1.29, 1.82) is 0 Å². The summed E-state index contributed by atoms with van der Waals surface area (Å²) in [4.78, 5) is 9.95. The molecule has 64 valence electrons. The highest BCUT2D eigenvalue weighted by Crippen LogP contribution is 1.97. The Labute approximate surface area is 63.2 Å². The number of hydrogen-bond donors (Lipinski definition) is 4. The fraction of sp³-hybridized carbons (Fsp3) is 0.500. The van der Waals surface area contributed by atoms with Crippen molar-refractivity contribution >= 4 is 5.97 Å². The number of rotatable bonds is 3. The molecule has 2 atom stereocenters. The molecule has 11 heavy (non-hydrogen) atoms. The van der Waals surface area contributed by atoms with E-state index in [0.29, 0.717) is 6.08 Å². The molecular weight excluding hydrogens is 152 g/mol. The standard InChI is InChI=1S/C6H10O5/c1-3(7)4(8)2-5(9)6(10)11/h2-4,7-9H,1H3,(H,10,11)/b5-2+. The van der Waals surface area contributed by atoms with Crippen LogP contribution in [0, 0.1) is 0 Å². The van der Waals surface area contributed by atoms with Crippen molar-refractivity contribution in [1.82, 2.24) is 0 Å². The van der Waals surface area contributed by atoms with E-state index in [-0.39, 0.29) is 0 Å². The Morgan fingerprint density at radius 2 is 1.82 bits per heavy atom. The van der Waals surface area contributed by atoms with Gasteiger partial charge in [-0.25, -0.2) is 4.79 Å². The average Bonchev–Trinajstić information content (AvgIpc) is 1.87. The Kier molecular flexibility index (Phi) is 3.56. The smallest absolute Gasteiger partial charge is 0.370 e. The van der Waals surface area contributed by atoms with Gasteiger partial charge in [-0.2, -0.15) is 0 Å². The zero-order valence-electron chi connectivity index (χ0n) is 5.93. The summed E-state index contributed by atoms with van der Waals surface area (Å²) >= 11 is 0. The zero-order valence-corrected chi connectivity index (χ0v) is 5.93. The lowest BCUT2D eigenvalue weighted by Gasteiger charge is -2.07. The first-order valence-electron chi connectivity index (χ1n) is 2.95. The number of aliphatic hydroxyl groups excluding tert-OH is 3. The van der Waals surface area contributed by atoms with Crippen LogP contribution in [0.5, 0.6) is 0 Å². The summed E-state index contributed by atoms with van der Waals surface area (Å²) in [5.41, 5.74) is 0. The van der Waals surface area contributed by atoms with E-state index < -0.39 is 23.9 Å². The molecule has 0 saturated heterocycles.